The summed E-state index contributed by atoms with van der Waals surface area (Å²) in [4.78, 5) is 0. The Balaban J connectivity index is 0.00000245. The molecule has 0 fully saturated rings. The number of halogens is 1. The Hall–Kier alpha value is -3.61. The molecule has 0 radical (unpaired) electrons. The molecule has 0 aromatic heterocycles. The summed E-state index contributed by atoms with van der Waals surface area (Å²) < 4.78 is 0. The molecule has 0 nitrogen and oxygen atoms in total. The fourth-order valence-corrected chi connectivity index (χ4v) is 4.71. The van der Waals surface area contributed by atoms with Gasteiger partial charge in [-0.1, -0.05) is 146 Å². The van der Waals surface area contributed by atoms with Crippen molar-refractivity contribution >= 4 is 12.4 Å². The summed E-state index contributed by atoms with van der Waals surface area (Å²) in [6.45, 7) is 0. The zero-order chi connectivity index (χ0) is 20.9. The van der Waals surface area contributed by atoms with Crippen LogP contribution in [-0.2, 0) is 5.41 Å². The van der Waals surface area contributed by atoms with Crippen molar-refractivity contribution in [3.8, 4) is 11.1 Å². The van der Waals surface area contributed by atoms with Gasteiger partial charge < -0.3 is 0 Å². The van der Waals surface area contributed by atoms with Crippen LogP contribution in [0.2, 0.25) is 0 Å². The quantitative estimate of drug-likeness (QED) is 0.246. The Bertz CT molecular complexity index is 1150. The van der Waals surface area contributed by atoms with Gasteiger partial charge in [0.05, 0.1) is 5.41 Å². The standard InChI is InChI=1S/C31H24.ClH/c1-5-15-25(16-6-1)29-23-13-14-24-30(29)31(26-17-7-2-8-18-26,27-19-9-3-10-20-27)28-21-11-4-12-22-28;/h1-24H;1H. The average Bonchev–Trinajstić information content (AvgIpc) is 2.87. The van der Waals surface area contributed by atoms with Crippen LogP contribution in [0.3, 0.4) is 0 Å². The van der Waals surface area contributed by atoms with Crippen molar-refractivity contribution in [2.45, 2.75) is 5.41 Å². The Morgan fingerprint density at radius 3 is 1.12 bits per heavy atom. The average molecular weight is 433 g/mol. The number of benzene rings is 5. The van der Waals surface area contributed by atoms with Gasteiger partial charge in [-0.15, -0.1) is 12.4 Å². The molecule has 0 unspecified atom stereocenters. The predicted octanol–water partition coefficient (Wildman–Crippen LogP) is 8.16. The molecule has 32 heavy (non-hydrogen) atoms. The van der Waals surface area contributed by atoms with Crippen molar-refractivity contribution in [3.63, 3.8) is 0 Å². The van der Waals surface area contributed by atoms with Crippen LogP contribution < -0.4 is 0 Å². The van der Waals surface area contributed by atoms with Gasteiger partial charge in [0, 0.05) is 0 Å². The van der Waals surface area contributed by atoms with Crippen molar-refractivity contribution in [2.24, 2.45) is 0 Å². The van der Waals surface area contributed by atoms with Gasteiger partial charge in [-0.3, -0.25) is 0 Å². The Morgan fingerprint density at radius 1 is 0.344 bits per heavy atom. The molecular weight excluding hydrogens is 408 g/mol. The number of rotatable bonds is 5. The second kappa shape index (κ2) is 9.68. The lowest BCUT2D eigenvalue weighted by Crippen LogP contribution is -2.31. The third kappa shape index (κ3) is 3.75. The monoisotopic (exact) mass is 432 g/mol. The third-order valence-corrected chi connectivity index (χ3v) is 6.04. The third-order valence-electron chi connectivity index (χ3n) is 6.04. The van der Waals surface area contributed by atoms with E-state index in [2.05, 4.69) is 146 Å². The van der Waals surface area contributed by atoms with E-state index in [4.69, 9.17) is 0 Å². The molecule has 5 aromatic carbocycles. The minimum atomic E-state index is -0.434. The van der Waals surface area contributed by atoms with Gasteiger partial charge in [0.25, 0.3) is 0 Å². The van der Waals surface area contributed by atoms with E-state index in [0.717, 1.165) is 0 Å². The Kier molecular flexibility index (Phi) is 6.54. The van der Waals surface area contributed by atoms with E-state index in [1.54, 1.807) is 0 Å². The van der Waals surface area contributed by atoms with Crippen molar-refractivity contribution < 1.29 is 0 Å². The zero-order valence-corrected chi connectivity index (χ0v) is 18.6. The van der Waals surface area contributed by atoms with Crippen molar-refractivity contribution in [2.75, 3.05) is 0 Å². The van der Waals surface area contributed by atoms with Gasteiger partial charge in [-0.25, -0.2) is 0 Å². The highest BCUT2D eigenvalue weighted by Gasteiger charge is 2.39. The first-order valence-electron chi connectivity index (χ1n) is 10.7. The van der Waals surface area contributed by atoms with Crippen molar-refractivity contribution in [1.29, 1.82) is 0 Å². The van der Waals surface area contributed by atoms with E-state index in [1.807, 2.05) is 0 Å². The van der Waals surface area contributed by atoms with Gasteiger partial charge >= 0.3 is 0 Å². The van der Waals surface area contributed by atoms with Crippen molar-refractivity contribution in [3.05, 3.63) is 168 Å². The number of hydrogen-bond donors (Lipinski definition) is 0. The van der Waals surface area contributed by atoms with E-state index in [1.165, 1.54) is 33.4 Å². The molecule has 0 saturated heterocycles. The van der Waals surface area contributed by atoms with E-state index in [9.17, 15) is 0 Å². The zero-order valence-electron chi connectivity index (χ0n) is 17.8. The molecule has 5 rings (SSSR count). The maximum Gasteiger partial charge on any atom is 0.0707 e. The van der Waals surface area contributed by atoms with Gasteiger partial charge in [-0.05, 0) is 33.4 Å². The van der Waals surface area contributed by atoms with Crippen LogP contribution in [0.5, 0.6) is 0 Å². The fourth-order valence-electron chi connectivity index (χ4n) is 4.71. The molecule has 0 aliphatic rings. The van der Waals surface area contributed by atoms with Crippen LogP contribution in [-0.4, -0.2) is 0 Å². The first-order chi connectivity index (χ1) is 15.4. The van der Waals surface area contributed by atoms with Crippen LogP contribution in [0, 0.1) is 0 Å². The SMILES string of the molecule is Cl.c1ccc(-c2ccccc2C(c2ccccc2)(c2ccccc2)c2ccccc2)cc1. The molecular formula is C31H25Cl. The summed E-state index contributed by atoms with van der Waals surface area (Å²) in [6.07, 6.45) is 0. The Morgan fingerprint density at radius 2 is 0.688 bits per heavy atom. The van der Waals surface area contributed by atoms with Crippen LogP contribution in [0.4, 0.5) is 0 Å². The molecule has 1 heteroatoms. The molecule has 0 atom stereocenters. The summed E-state index contributed by atoms with van der Waals surface area (Å²) in [5.74, 6) is 0. The maximum atomic E-state index is 2.29. The Labute approximate surface area is 196 Å². The largest absolute Gasteiger partial charge is 0.147 e. The highest BCUT2D eigenvalue weighted by molar-refractivity contribution is 5.85. The molecule has 0 amide bonds. The van der Waals surface area contributed by atoms with E-state index >= 15 is 0 Å². The van der Waals surface area contributed by atoms with Crippen LogP contribution in [0.1, 0.15) is 22.3 Å². The lowest BCUT2D eigenvalue weighted by Gasteiger charge is -2.38. The van der Waals surface area contributed by atoms with Gasteiger partial charge in [-0.2, -0.15) is 0 Å². The normalized spacial score (nSPS) is 10.9. The van der Waals surface area contributed by atoms with Gasteiger partial charge in [0.2, 0.25) is 0 Å². The van der Waals surface area contributed by atoms with Gasteiger partial charge in [0.15, 0.2) is 0 Å². The maximum absolute atomic E-state index is 2.29. The summed E-state index contributed by atoms with van der Waals surface area (Å²) in [7, 11) is 0. The molecule has 0 spiro atoms. The molecule has 0 bridgehead atoms. The summed E-state index contributed by atoms with van der Waals surface area (Å²) in [5, 5.41) is 0. The van der Waals surface area contributed by atoms with Crippen LogP contribution in [0.25, 0.3) is 11.1 Å². The molecule has 0 heterocycles. The highest BCUT2D eigenvalue weighted by atomic mass is 35.5. The summed E-state index contributed by atoms with van der Waals surface area (Å²) in [6, 6.07) is 52.1. The van der Waals surface area contributed by atoms with Gasteiger partial charge in [0.1, 0.15) is 0 Å². The molecule has 0 saturated carbocycles. The first-order valence-corrected chi connectivity index (χ1v) is 10.7. The molecule has 156 valence electrons. The second-order valence-electron chi connectivity index (χ2n) is 7.76. The molecule has 5 aromatic rings. The molecule has 0 N–H and O–H groups in total. The smallest absolute Gasteiger partial charge is 0.0707 e. The van der Waals surface area contributed by atoms with Crippen LogP contribution in [0.15, 0.2) is 146 Å². The fraction of sp³-hybridized carbons (Fsp3) is 0.0323. The second-order valence-corrected chi connectivity index (χ2v) is 7.76. The molecule has 0 aliphatic carbocycles. The predicted molar refractivity (Wildman–Crippen MR) is 137 cm³/mol. The lowest BCUT2D eigenvalue weighted by molar-refractivity contribution is 0.747. The van der Waals surface area contributed by atoms with E-state index in [-0.39, 0.29) is 12.4 Å². The topological polar surface area (TPSA) is 0 Å². The van der Waals surface area contributed by atoms with Crippen molar-refractivity contribution in [1.82, 2.24) is 0 Å². The van der Waals surface area contributed by atoms with E-state index < -0.39 is 5.41 Å². The highest BCUT2D eigenvalue weighted by Crippen LogP contribution is 2.48. The number of hydrogen-bond acceptors (Lipinski definition) is 0. The minimum Gasteiger partial charge on any atom is -0.147 e. The van der Waals surface area contributed by atoms with E-state index in [0.29, 0.717) is 0 Å². The first kappa shape index (κ1) is 21.6. The van der Waals surface area contributed by atoms with Crippen LogP contribution >= 0.6 is 12.4 Å². The lowest BCUT2D eigenvalue weighted by atomic mass is 9.63. The molecule has 0 aliphatic heterocycles. The summed E-state index contributed by atoms with van der Waals surface area (Å²) in [5.41, 5.74) is 7.10. The summed E-state index contributed by atoms with van der Waals surface area (Å²) >= 11 is 0. The minimum absolute atomic E-state index is 0.